The normalized spacial score (nSPS) is 11.3. The summed E-state index contributed by atoms with van der Waals surface area (Å²) < 4.78 is 11.8. The lowest BCUT2D eigenvalue weighted by molar-refractivity contribution is 0.0948. The molecule has 4 aromatic rings. The summed E-state index contributed by atoms with van der Waals surface area (Å²) in [6.07, 6.45) is 1.53. The minimum Gasteiger partial charge on any atom is -0.489 e. The lowest BCUT2D eigenvalue weighted by Crippen LogP contribution is -2.27. The molecule has 0 atom stereocenters. The van der Waals surface area contributed by atoms with Crippen LogP contribution in [-0.4, -0.2) is 55.4 Å². The Kier molecular flexibility index (Phi) is 7.98. The van der Waals surface area contributed by atoms with Gasteiger partial charge in [-0.05, 0) is 58.8 Å². The highest BCUT2D eigenvalue weighted by molar-refractivity contribution is 5.94. The first kappa shape index (κ1) is 24.5. The SMILES string of the molecule is CCN(CC)Cc1c(C(=O)NN=Cc2ccc(OCc3ccccc3)cc2)nnn1-c1nonc1N. The van der Waals surface area contributed by atoms with Gasteiger partial charge in [-0.25, -0.2) is 10.1 Å². The second-order valence-electron chi connectivity index (χ2n) is 7.77. The quantitative estimate of drug-likeness (QED) is 0.239. The number of benzene rings is 2. The van der Waals surface area contributed by atoms with Crippen molar-refractivity contribution in [2.24, 2.45) is 5.10 Å². The van der Waals surface area contributed by atoms with Gasteiger partial charge in [0.15, 0.2) is 5.69 Å². The topological polar surface area (TPSA) is 150 Å². The zero-order valence-electron chi connectivity index (χ0n) is 20.0. The number of ether oxygens (including phenoxy) is 1. The molecule has 0 bridgehead atoms. The maximum Gasteiger partial charge on any atom is 0.293 e. The van der Waals surface area contributed by atoms with E-state index in [9.17, 15) is 4.79 Å². The summed E-state index contributed by atoms with van der Waals surface area (Å²) in [6, 6.07) is 17.3. The summed E-state index contributed by atoms with van der Waals surface area (Å²) >= 11 is 0. The highest BCUT2D eigenvalue weighted by atomic mass is 16.6. The van der Waals surface area contributed by atoms with Crippen molar-refractivity contribution in [1.29, 1.82) is 0 Å². The Balaban J connectivity index is 1.42. The van der Waals surface area contributed by atoms with Crippen LogP contribution in [-0.2, 0) is 13.2 Å². The Morgan fingerprint density at radius 3 is 2.56 bits per heavy atom. The smallest absolute Gasteiger partial charge is 0.293 e. The fraction of sp³-hybridized carbons (Fsp3) is 0.250. The Hall–Kier alpha value is -4.58. The Morgan fingerprint density at radius 2 is 1.89 bits per heavy atom. The van der Waals surface area contributed by atoms with Crippen molar-refractivity contribution in [2.75, 3.05) is 18.8 Å². The molecule has 2 aromatic heterocycles. The molecule has 4 rings (SSSR count). The standard InChI is InChI=1S/C24H27N9O3/c1-3-32(4-2)15-20-21(27-31-33(20)23-22(25)29-36-30-23)24(34)28-26-14-17-10-12-19(13-11-17)35-16-18-8-6-5-7-9-18/h5-14H,3-4,15-16H2,1-2H3,(H2,25,29)(H,28,34). The van der Waals surface area contributed by atoms with Crippen LogP contribution in [0.15, 0.2) is 64.3 Å². The summed E-state index contributed by atoms with van der Waals surface area (Å²) in [5.41, 5.74) is 10.8. The maximum atomic E-state index is 12.9. The molecule has 1 amide bonds. The molecule has 2 aromatic carbocycles. The molecule has 0 fully saturated rings. The number of nitrogens with one attached hydrogen (secondary N) is 1. The van der Waals surface area contributed by atoms with E-state index in [1.165, 1.54) is 10.9 Å². The largest absolute Gasteiger partial charge is 0.489 e. The molecule has 0 aliphatic heterocycles. The molecule has 186 valence electrons. The van der Waals surface area contributed by atoms with E-state index in [-0.39, 0.29) is 17.3 Å². The van der Waals surface area contributed by atoms with Crippen LogP contribution in [0, 0.1) is 0 Å². The molecule has 3 N–H and O–H groups in total. The second kappa shape index (κ2) is 11.7. The molecule has 12 heteroatoms. The number of anilines is 1. The molecular weight excluding hydrogens is 462 g/mol. The molecule has 2 heterocycles. The van der Waals surface area contributed by atoms with Gasteiger partial charge in [-0.15, -0.1) is 5.10 Å². The van der Waals surface area contributed by atoms with Crippen molar-refractivity contribution in [1.82, 2.24) is 35.6 Å². The first-order valence-corrected chi connectivity index (χ1v) is 11.4. The van der Waals surface area contributed by atoms with Crippen molar-refractivity contribution in [3.63, 3.8) is 0 Å². The van der Waals surface area contributed by atoms with Gasteiger partial charge >= 0.3 is 0 Å². The molecule has 0 aliphatic carbocycles. The number of carbonyl (C=O) groups is 1. The van der Waals surface area contributed by atoms with E-state index < -0.39 is 5.91 Å². The predicted octanol–water partition coefficient (Wildman–Crippen LogP) is 2.42. The predicted molar refractivity (Wildman–Crippen MR) is 133 cm³/mol. The van der Waals surface area contributed by atoms with Crippen LogP contribution in [0.4, 0.5) is 5.82 Å². The number of nitrogens with two attached hydrogens (primary N) is 1. The Labute approximate surface area is 207 Å². The number of hydrogen-bond acceptors (Lipinski definition) is 10. The van der Waals surface area contributed by atoms with Crippen LogP contribution in [0.3, 0.4) is 0 Å². The monoisotopic (exact) mass is 489 g/mol. The number of nitrogens with zero attached hydrogens (tertiary/aromatic N) is 7. The van der Waals surface area contributed by atoms with Gasteiger partial charge in [-0.3, -0.25) is 9.69 Å². The number of nitrogen functional groups attached to an aromatic ring is 1. The average Bonchev–Trinajstić information content (AvgIpc) is 3.52. The van der Waals surface area contributed by atoms with Crippen LogP contribution in [0.5, 0.6) is 5.75 Å². The van der Waals surface area contributed by atoms with Crippen LogP contribution in [0.2, 0.25) is 0 Å². The van der Waals surface area contributed by atoms with E-state index in [0.29, 0.717) is 18.8 Å². The third-order valence-electron chi connectivity index (χ3n) is 5.45. The molecule has 0 spiro atoms. The fourth-order valence-corrected chi connectivity index (χ4v) is 3.40. The summed E-state index contributed by atoms with van der Waals surface area (Å²) in [4.78, 5) is 15.0. The lowest BCUT2D eigenvalue weighted by atomic mass is 10.2. The molecule has 0 radical (unpaired) electrons. The van der Waals surface area contributed by atoms with E-state index in [0.717, 1.165) is 30.0 Å². The van der Waals surface area contributed by atoms with E-state index >= 15 is 0 Å². The van der Waals surface area contributed by atoms with Gasteiger partial charge < -0.3 is 10.5 Å². The second-order valence-corrected chi connectivity index (χ2v) is 7.77. The van der Waals surface area contributed by atoms with Gasteiger partial charge in [0.2, 0.25) is 11.6 Å². The third-order valence-corrected chi connectivity index (χ3v) is 5.45. The zero-order valence-corrected chi connectivity index (χ0v) is 20.0. The highest BCUT2D eigenvalue weighted by Gasteiger charge is 2.24. The minimum absolute atomic E-state index is 0.0434. The van der Waals surface area contributed by atoms with Crippen molar-refractivity contribution in [3.05, 3.63) is 77.1 Å². The number of aromatic nitrogens is 5. The van der Waals surface area contributed by atoms with Crippen LogP contribution < -0.4 is 15.9 Å². The fourth-order valence-electron chi connectivity index (χ4n) is 3.40. The average molecular weight is 490 g/mol. The number of hydrazone groups is 1. The van der Waals surface area contributed by atoms with Crippen LogP contribution in [0.25, 0.3) is 5.82 Å². The summed E-state index contributed by atoms with van der Waals surface area (Å²) in [5, 5.41) is 19.5. The molecule has 0 saturated heterocycles. The van der Waals surface area contributed by atoms with E-state index in [2.05, 4.69) is 40.7 Å². The van der Waals surface area contributed by atoms with Gasteiger partial charge in [0.1, 0.15) is 12.4 Å². The van der Waals surface area contributed by atoms with E-state index in [4.69, 9.17) is 10.5 Å². The third kappa shape index (κ3) is 5.91. The minimum atomic E-state index is -0.516. The van der Waals surface area contributed by atoms with Gasteiger partial charge in [0.05, 0.1) is 11.9 Å². The van der Waals surface area contributed by atoms with Crippen LogP contribution in [0.1, 0.15) is 41.2 Å². The lowest BCUT2D eigenvalue weighted by Gasteiger charge is -2.18. The molecule has 0 unspecified atom stereocenters. The summed E-state index contributed by atoms with van der Waals surface area (Å²) in [5.74, 6) is 0.431. The molecular formula is C24H27N9O3. The van der Waals surface area contributed by atoms with E-state index in [1.807, 2.05) is 68.4 Å². The summed E-state index contributed by atoms with van der Waals surface area (Å²) in [6.45, 7) is 6.44. The van der Waals surface area contributed by atoms with Gasteiger partial charge in [-0.1, -0.05) is 49.4 Å². The Bertz CT molecular complexity index is 1300. The zero-order chi connectivity index (χ0) is 25.3. The van der Waals surface area contributed by atoms with Crippen LogP contribution >= 0.6 is 0 Å². The van der Waals surface area contributed by atoms with Gasteiger partial charge in [-0.2, -0.15) is 9.78 Å². The summed E-state index contributed by atoms with van der Waals surface area (Å²) in [7, 11) is 0. The molecule has 12 nitrogen and oxygen atoms in total. The molecule has 36 heavy (non-hydrogen) atoms. The number of amides is 1. The first-order chi connectivity index (χ1) is 17.6. The van der Waals surface area contributed by atoms with Crippen molar-refractivity contribution >= 4 is 17.9 Å². The molecule has 0 saturated carbocycles. The number of carbonyl (C=O) groups excluding carboxylic acids is 1. The van der Waals surface area contributed by atoms with Gasteiger partial charge in [0, 0.05) is 6.54 Å². The van der Waals surface area contributed by atoms with Crippen molar-refractivity contribution in [2.45, 2.75) is 27.0 Å². The van der Waals surface area contributed by atoms with Crippen molar-refractivity contribution < 1.29 is 14.2 Å². The Morgan fingerprint density at radius 1 is 1.14 bits per heavy atom. The highest BCUT2D eigenvalue weighted by Crippen LogP contribution is 2.18. The maximum absolute atomic E-state index is 12.9. The van der Waals surface area contributed by atoms with Crippen molar-refractivity contribution in [3.8, 4) is 11.6 Å². The number of rotatable bonds is 11. The van der Waals surface area contributed by atoms with E-state index in [1.54, 1.807) is 0 Å². The van der Waals surface area contributed by atoms with Gasteiger partial charge in [0.25, 0.3) is 5.91 Å². The molecule has 0 aliphatic rings. The first-order valence-electron chi connectivity index (χ1n) is 11.4. The number of hydrogen-bond donors (Lipinski definition) is 2.